The molecule has 0 spiro atoms. The van der Waals surface area contributed by atoms with E-state index in [2.05, 4.69) is 79.8 Å². The first-order chi connectivity index (χ1) is 20.2. The van der Waals surface area contributed by atoms with Crippen LogP contribution in [-0.4, -0.2) is 6.54 Å². The smallest absolute Gasteiger partial charge is 0.0160 e. The van der Waals surface area contributed by atoms with E-state index in [9.17, 15) is 0 Å². The van der Waals surface area contributed by atoms with Gasteiger partial charge in [0.05, 0.1) is 0 Å². The van der Waals surface area contributed by atoms with Gasteiger partial charge in [-0.1, -0.05) is 108 Å². The van der Waals surface area contributed by atoms with E-state index in [1.54, 1.807) is 44.6 Å². The van der Waals surface area contributed by atoms with Crippen LogP contribution in [-0.2, 0) is 0 Å². The molecule has 0 aromatic heterocycles. The third kappa shape index (κ3) is 5.03. The van der Waals surface area contributed by atoms with Crippen molar-refractivity contribution in [3.05, 3.63) is 117 Å². The summed E-state index contributed by atoms with van der Waals surface area (Å²) < 4.78 is 0. The second-order valence-electron chi connectivity index (χ2n) is 13.6. The van der Waals surface area contributed by atoms with Crippen molar-refractivity contribution in [3.8, 4) is 0 Å². The second-order valence-corrected chi connectivity index (χ2v) is 13.6. The molecule has 0 aliphatic heterocycles. The van der Waals surface area contributed by atoms with Crippen LogP contribution in [0.15, 0.2) is 117 Å². The van der Waals surface area contributed by atoms with Gasteiger partial charge in [-0.15, -0.1) is 0 Å². The van der Waals surface area contributed by atoms with Gasteiger partial charge >= 0.3 is 0 Å². The highest BCUT2D eigenvalue weighted by molar-refractivity contribution is 5.56. The maximum atomic E-state index is 6.73. The third-order valence-electron chi connectivity index (χ3n) is 11.4. The van der Waals surface area contributed by atoms with E-state index < -0.39 is 0 Å². The van der Waals surface area contributed by atoms with Gasteiger partial charge in [-0.3, -0.25) is 0 Å². The lowest BCUT2D eigenvalue weighted by Gasteiger charge is -2.47. The number of hydrogen-bond acceptors (Lipinski definition) is 1. The van der Waals surface area contributed by atoms with E-state index in [1.165, 1.54) is 70.6 Å². The monoisotopic (exact) mass is 543 g/mol. The third-order valence-corrected chi connectivity index (χ3v) is 11.4. The van der Waals surface area contributed by atoms with Gasteiger partial charge in [0.1, 0.15) is 0 Å². The van der Waals surface area contributed by atoms with Crippen LogP contribution < -0.4 is 5.73 Å². The maximum absolute atomic E-state index is 6.73. The lowest BCUT2D eigenvalue weighted by molar-refractivity contribution is 0.385. The van der Waals surface area contributed by atoms with Crippen LogP contribution in [0.25, 0.3) is 0 Å². The fraction of sp³-hybridized carbons (Fsp3) is 0.500. The van der Waals surface area contributed by atoms with E-state index in [1.807, 2.05) is 0 Å². The Hall–Kier alpha value is -2.64. The number of hydrogen-bond donors (Lipinski definition) is 1. The standard InChI is InChI=1S/C40H49N/c1-27(31-22-10-14-28-12-2-4-16-32(28)31)24-25-30(26-41)39-35-18-6-8-20-37(35)40(38-21-9-7-19-36(38)39)34-23-11-15-29-13-3-5-17-33(29)34/h2,5-6,8-10,12,17,20-23,27-28,30,35,38,40H,3-4,7,11,13-16,18-19,24-26,41H2,1H3. The molecule has 41 heavy (non-hydrogen) atoms. The average molecular weight is 544 g/mol. The van der Waals surface area contributed by atoms with Gasteiger partial charge in [0.2, 0.25) is 0 Å². The van der Waals surface area contributed by atoms with Crippen LogP contribution in [0.3, 0.4) is 0 Å². The van der Waals surface area contributed by atoms with Gasteiger partial charge in [-0.25, -0.2) is 0 Å². The minimum Gasteiger partial charge on any atom is -0.330 e. The van der Waals surface area contributed by atoms with E-state index in [-0.39, 0.29) is 0 Å². The molecule has 7 aliphatic rings. The molecule has 0 saturated carbocycles. The summed E-state index contributed by atoms with van der Waals surface area (Å²) in [6.45, 7) is 3.25. The zero-order valence-corrected chi connectivity index (χ0v) is 25.2. The first kappa shape index (κ1) is 27.2. The number of fused-ring (bicyclic) bond motifs is 3. The van der Waals surface area contributed by atoms with Crippen LogP contribution in [0.4, 0.5) is 0 Å². The predicted octanol–water partition coefficient (Wildman–Crippen LogP) is 9.96. The molecule has 0 heterocycles. The van der Waals surface area contributed by atoms with E-state index >= 15 is 0 Å². The average Bonchev–Trinajstić information content (AvgIpc) is 3.04. The Morgan fingerprint density at radius 1 is 0.829 bits per heavy atom. The molecule has 214 valence electrons. The highest BCUT2D eigenvalue weighted by Crippen LogP contribution is 2.55. The Morgan fingerprint density at radius 2 is 1.66 bits per heavy atom. The molecule has 0 saturated heterocycles. The summed E-state index contributed by atoms with van der Waals surface area (Å²) in [5.74, 6) is 3.24. The largest absolute Gasteiger partial charge is 0.330 e. The molecule has 6 atom stereocenters. The van der Waals surface area contributed by atoms with Crippen molar-refractivity contribution >= 4 is 0 Å². The Labute approximate surface area is 248 Å². The molecule has 0 radical (unpaired) electrons. The molecule has 0 aromatic rings. The molecule has 1 nitrogen and oxygen atoms in total. The first-order valence-electron chi connectivity index (χ1n) is 16.9. The molecule has 7 rings (SSSR count). The predicted molar refractivity (Wildman–Crippen MR) is 174 cm³/mol. The highest BCUT2D eigenvalue weighted by atomic mass is 14.6. The van der Waals surface area contributed by atoms with Crippen LogP contribution in [0.2, 0.25) is 0 Å². The second kappa shape index (κ2) is 11.9. The number of allylic oxidation sites excluding steroid dienone is 19. The summed E-state index contributed by atoms with van der Waals surface area (Å²) >= 11 is 0. The van der Waals surface area contributed by atoms with Crippen LogP contribution in [0.1, 0.15) is 84.0 Å². The summed E-state index contributed by atoms with van der Waals surface area (Å²) in [5, 5.41) is 0. The summed E-state index contributed by atoms with van der Waals surface area (Å²) in [5.41, 5.74) is 20.2. The molecule has 0 bridgehead atoms. The van der Waals surface area contributed by atoms with Crippen molar-refractivity contribution in [2.75, 3.05) is 6.54 Å². The SMILES string of the molecule is CC(CCC(CN)C1=C2CCC=CC2C(C2=CCCC3=C2C=CCC3)C2=CC=CCC21)C1=C2CCC=CC2CC=C1. The van der Waals surface area contributed by atoms with Crippen molar-refractivity contribution in [2.45, 2.75) is 84.0 Å². The summed E-state index contributed by atoms with van der Waals surface area (Å²) in [7, 11) is 0. The van der Waals surface area contributed by atoms with Crippen molar-refractivity contribution < 1.29 is 0 Å². The van der Waals surface area contributed by atoms with Crippen LogP contribution in [0.5, 0.6) is 0 Å². The van der Waals surface area contributed by atoms with Crippen molar-refractivity contribution in [3.63, 3.8) is 0 Å². The summed E-state index contributed by atoms with van der Waals surface area (Å²) in [4.78, 5) is 0. The highest BCUT2D eigenvalue weighted by Gasteiger charge is 2.44. The summed E-state index contributed by atoms with van der Waals surface area (Å²) in [6.07, 6.45) is 44.2. The molecule has 0 aromatic carbocycles. The Bertz CT molecular complexity index is 1360. The number of rotatable bonds is 7. The Balaban J connectivity index is 1.21. The first-order valence-corrected chi connectivity index (χ1v) is 16.9. The molecule has 7 aliphatic carbocycles. The van der Waals surface area contributed by atoms with E-state index in [4.69, 9.17) is 5.73 Å². The fourth-order valence-electron chi connectivity index (χ4n) is 9.43. The molecule has 0 amide bonds. The van der Waals surface area contributed by atoms with Gasteiger partial charge in [0.25, 0.3) is 0 Å². The minimum atomic E-state index is 0.479. The van der Waals surface area contributed by atoms with Crippen molar-refractivity contribution in [2.24, 2.45) is 41.2 Å². The molecule has 1 heteroatoms. The Kier molecular flexibility index (Phi) is 7.91. The van der Waals surface area contributed by atoms with Gasteiger partial charge in [-0.05, 0) is 112 Å². The van der Waals surface area contributed by atoms with Gasteiger partial charge in [0, 0.05) is 23.7 Å². The van der Waals surface area contributed by atoms with E-state index in [0.717, 1.165) is 13.0 Å². The van der Waals surface area contributed by atoms with Crippen LogP contribution in [0, 0.1) is 35.5 Å². The summed E-state index contributed by atoms with van der Waals surface area (Å²) in [6, 6.07) is 0. The lowest BCUT2D eigenvalue weighted by atomic mass is 9.57. The zero-order chi connectivity index (χ0) is 27.8. The molecule has 0 fully saturated rings. The van der Waals surface area contributed by atoms with Crippen LogP contribution >= 0.6 is 0 Å². The molecule has 2 N–H and O–H groups in total. The quantitative estimate of drug-likeness (QED) is 0.318. The molecule has 6 unspecified atom stereocenters. The normalized spacial score (nSPS) is 31.8. The number of nitrogens with two attached hydrogens (primary N) is 1. The topological polar surface area (TPSA) is 26.0 Å². The fourth-order valence-corrected chi connectivity index (χ4v) is 9.43. The van der Waals surface area contributed by atoms with Gasteiger partial charge in [-0.2, -0.15) is 0 Å². The maximum Gasteiger partial charge on any atom is 0.0160 e. The van der Waals surface area contributed by atoms with E-state index in [0.29, 0.717) is 35.5 Å². The van der Waals surface area contributed by atoms with Gasteiger partial charge in [0.15, 0.2) is 0 Å². The van der Waals surface area contributed by atoms with Crippen molar-refractivity contribution in [1.82, 2.24) is 0 Å². The molecular weight excluding hydrogens is 494 g/mol. The molecular formula is C40H49N. The lowest BCUT2D eigenvalue weighted by Crippen LogP contribution is -2.37. The minimum absolute atomic E-state index is 0.479. The zero-order valence-electron chi connectivity index (χ0n) is 25.2. The Morgan fingerprint density at radius 3 is 2.56 bits per heavy atom. The van der Waals surface area contributed by atoms with Gasteiger partial charge < -0.3 is 5.73 Å². The van der Waals surface area contributed by atoms with Crippen molar-refractivity contribution in [1.29, 1.82) is 0 Å².